The normalized spacial score (nSPS) is 10.7. The zero-order valence-corrected chi connectivity index (χ0v) is 11.5. The van der Waals surface area contributed by atoms with Gasteiger partial charge in [0, 0.05) is 6.42 Å². The first-order valence-electron chi connectivity index (χ1n) is 5.57. The molecule has 0 aliphatic rings. The standard InChI is InChI=1S/C12H14ClF2NOS/c1-2-3-7-10(17)16-9-6-4-5-8(13)11(9)18-12(14)15/h4-6,12H,2-3,7H2,1H3,(H,16,17). The van der Waals surface area contributed by atoms with Gasteiger partial charge >= 0.3 is 0 Å². The molecule has 0 saturated heterocycles. The summed E-state index contributed by atoms with van der Waals surface area (Å²) in [5, 5.41) is 2.83. The molecule has 6 heteroatoms. The van der Waals surface area contributed by atoms with Crippen LogP contribution in [0.3, 0.4) is 0 Å². The van der Waals surface area contributed by atoms with Crippen molar-refractivity contribution in [3.8, 4) is 0 Å². The number of rotatable bonds is 6. The van der Waals surface area contributed by atoms with Gasteiger partial charge in [0.2, 0.25) is 5.91 Å². The zero-order chi connectivity index (χ0) is 13.5. The smallest absolute Gasteiger partial charge is 0.289 e. The first-order valence-corrected chi connectivity index (χ1v) is 6.83. The molecule has 1 N–H and O–H groups in total. The van der Waals surface area contributed by atoms with E-state index in [1.165, 1.54) is 6.07 Å². The number of thioether (sulfide) groups is 1. The quantitative estimate of drug-likeness (QED) is 0.765. The van der Waals surface area contributed by atoms with Crippen LogP contribution in [0.2, 0.25) is 5.02 Å². The summed E-state index contributed by atoms with van der Waals surface area (Å²) in [5.41, 5.74) is 0.342. The number of anilines is 1. The lowest BCUT2D eigenvalue weighted by atomic mass is 10.2. The highest BCUT2D eigenvalue weighted by molar-refractivity contribution is 7.99. The number of nitrogens with one attached hydrogen (secondary N) is 1. The molecule has 0 fully saturated rings. The highest BCUT2D eigenvalue weighted by Gasteiger charge is 2.15. The summed E-state index contributed by atoms with van der Waals surface area (Å²) in [4.78, 5) is 11.8. The Morgan fingerprint density at radius 2 is 2.22 bits per heavy atom. The van der Waals surface area contributed by atoms with E-state index in [0.717, 1.165) is 12.8 Å². The number of unbranched alkanes of at least 4 members (excludes halogenated alkanes) is 1. The fourth-order valence-corrected chi connectivity index (χ4v) is 2.28. The minimum atomic E-state index is -2.57. The Bertz CT molecular complexity index is 415. The van der Waals surface area contributed by atoms with E-state index in [1.54, 1.807) is 12.1 Å². The lowest BCUT2D eigenvalue weighted by Gasteiger charge is -2.11. The Kier molecular flexibility index (Phi) is 6.43. The molecule has 0 aliphatic carbocycles. The molecule has 0 unspecified atom stereocenters. The Labute approximate surface area is 114 Å². The van der Waals surface area contributed by atoms with Crippen LogP contribution in [0.1, 0.15) is 26.2 Å². The molecular weight excluding hydrogens is 280 g/mol. The molecule has 100 valence electrons. The molecule has 0 radical (unpaired) electrons. The van der Waals surface area contributed by atoms with Crippen molar-refractivity contribution in [3.05, 3.63) is 23.2 Å². The highest BCUT2D eigenvalue weighted by atomic mass is 35.5. The van der Waals surface area contributed by atoms with Crippen molar-refractivity contribution in [2.75, 3.05) is 5.32 Å². The largest absolute Gasteiger partial charge is 0.325 e. The van der Waals surface area contributed by atoms with Crippen LogP contribution in [0.5, 0.6) is 0 Å². The van der Waals surface area contributed by atoms with Gasteiger partial charge in [-0.15, -0.1) is 0 Å². The Morgan fingerprint density at radius 1 is 1.50 bits per heavy atom. The topological polar surface area (TPSA) is 29.1 Å². The molecule has 1 aromatic rings. The molecule has 0 heterocycles. The molecule has 0 bridgehead atoms. The number of hydrogen-bond donors (Lipinski definition) is 1. The maximum Gasteiger partial charge on any atom is 0.289 e. The second-order valence-corrected chi connectivity index (χ2v) is 5.05. The third-order valence-electron chi connectivity index (χ3n) is 2.21. The maximum atomic E-state index is 12.4. The number of alkyl halides is 2. The lowest BCUT2D eigenvalue weighted by molar-refractivity contribution is -0.116. The molecule has 1 rings (SSSR count). The van der Waals surface area contributed by atoms with Crippen LogP contribution in [0.15, 0.2) is 23.1 Å². The molecular formula is C12H14ClF2NOS. The fraction of sp³-hybridized carbons (Fsp3) is 0.417. The van der Waals surface area contributed by atoms with Crippen molar-refractivity contribution in [2.45, 2.75) is 36.8 Å². The van der Waals surface area contributed by atoms with E-state index >= 15 is 0 Å². The highest BCUT2D eigenvalue weighted by Crippen LogP contribution is 2.37. The minimum Gasteiger partial charge on any atom is -0.325 e. The second-order valence-electron chi connectivity index (χ2n) is 3.65. The Hall–Kier alpha value is -0.810. The third kappa shape index (κ3) is 4.82. The fourth-order valence-electron chi connectivity index (χ4n) is 1.37. The van der Waals surface area contributed by atoms with Crippen molar-refractivity contribution < 1.29 is 13.6 Å². The Balaban J connectivity index is 2.81. The molecule has 0 aromatic heterocycles. The van der Waals surface area contributed by atoms with Gasteiger partial charge in [0.25, 0.3) is 5.76 Å². The predicted molar refractivity (Wildman–Crippen MR) is 71.5 cm³/mol. The Morgan fingerprint density at radius 3 is 2.83 bits per heavy atom. The van der Waals surface area contributed by atoms with E-state index < -0.39 is 5.76 Å². The summed E-state index contributed by atoms with van der Waals surface area (Å²) >= 11 is 6.19. The lowest BCUT2D eigenvalue weighted by Crippen LogP contribution is -2.11. The number of benzene rings is 1. The van der Waals surface area contributed by atoms with Crippen molar-refractivity contribution in [1.82, 2.24) is 0 Å². The summed E-state index contributed by atoms with van der Waals surface area (Å²) in [6, 6.07) is 4.71. The first kappa shape index (κ1) is 15.2. The van der Waals surface area contributed by atoms with Crippen molar-refractivity contribution in [1.29, 1.82) is 0 Å². The van der Waals surface area contributed by atoms with Gasteiger partial charge in [-0.1, -0.05) is 42.8 Å². The number of carbonyl (C=O) groups excluding carboxylic acids is 1. The number of carbonyl (C=O) groups is 1. The minimum absolute atomic E-state index is 0.185. The molecule has 1 amide bonds. The van der Waals surface area contributed by atoms with Crippen LogP contribution in [0.25, 0.3) is 0 Å². The number of amides is 1. The average Bonchev–Trinajstić information content (AvgIpc) is 2.30. The summed E-state index contributed by atoms with van der Waals surface area (Å²) < 4.78 is 24.8. The van der Waals surface area contributed by atoms with Crippen molar-refractivity contribution in [3.63, 3.8) is 0 Å². The molecule has 1 aromatic carbocycles. The van der Waals surface area contributed by atoms with E-state index in [4.69, 9.17) is 11.6 Å². The van der Waals surface area contributed by atoms with Crippen LogP contribution < -0.4 is 5.32 Å². The van der Waals surface area contributed by atoms with Crippen molar-refractivity contribution in [2.24, 2.45) is 0 Å². The molecule has 0 aliphatic heterocycles. The molecule has 0 saturated carbocycles. The van der Waals surface area contributed by atoms with Gasteiger partial charge in [0.15, 0.2) is 0 Å². The third-order valence-corrected chi connectivity index (χ3v) is 3.49. The number of halogens is 3. The second kappa shape index (κ2) is 7.59. The average molecular weight is 294 g/mol. The summed E-state index contributed by atoms with van der Waals surface area (Å²) in [7, 11) is 0. The van der Waals surface area contributed by atoms with E-state index in [0.29, 0.717) is 23.9 Å². The summed E-state index contributed by atoms with van der Waals surface area (Å²) in [6.07, 6.45) is 2.05. The van der Waals surface area contributed by atoms with Gasteiger partial charge in [0.1, 0.15) is 0 Å². The van der Waals surface area contributed by atoms with E-state index in [-0.39, 0.29) is 15.8 Å². The number of hydrogen-bond acceptors (Lipinski definition) is 2. The summed E-state index contributed by atoms with van der Waals surface area (Å²) in [5.74, 6) is -2.76. The van der Waals surface area contributed by atoms with Crippen LogP contribution in [0, 0.1) is 0 Å². The molecule has 0 spiro atoms. The van der Waals surface area contributed by atoms with Crippen LogP contribution in [0.4, 0.5) is 14.5 Å². The van der Waals surface area contributed by atoms with Gasteiger partial charge in [-0.25, -0.2) is 0 Å². The maximum absolute atomic E-state index is 12.4. The van der Waals surface area contributed by atoms with E-state index in [2.05, 4.69) is 5.32 Å². The van der Waals surface area contributed by atoms with E-state index in [9.17, 15) is 13.6 Å². The van der Waals surface area contributed by atoms with Crippen LogP contribution in [-0.2, 0) is 4.79 Å². The molecule has 2 nitrogen and oxygen atoms in total. The SMILES string of the molecule is CCCCC(=O)Nc1cccc(Cl)c1SC(F)F. The van der Waals surface area contributed by atoms with Crippen molar-refractivity contribution >= 4 is 35.0 Å². The van der Waals surface area contributed by atoms with Crippen LogP contribution >= 0.6 is 23.4 Å². The van der Waals surface area contributed by atoms with Gasteiger partial charge in [-0.3, -0.25) is 4.79 Å². The van der Waals surface area contributed by atoms with Crippen LogP contribution in [-0.4, -0.2) is 11.7 Å². The first-order chi connectivity index (χ1) is 8.54. The molecule has 0 atom stereocenters. The van der Waals surface area contributed by atoms with Gasteiger partial charge < -0.3 is 5.32 Å². The summed E-state index contributed by atoms with van der Waals surface area (Å²) in [6.45, 7) is 1.98. The molecule has 18 heavy (non-hydrogen) atoms. The zero-order valence-electron chi connectivity index (χ0n) is 9.88. The predicted octanol–water partition coefficient (Wildman–Crippen LogP) is 4.78. The monoisotopic (exact) mass is 293 g/mol. The van der Waals surface area contributed by atoms with E-state index in [1.807, 2.05) is 6.92 Å². The van der Waals surface area contributed by atoms with Gasteiger partial charge in [-0.05, 0) is 18.6 Å². The van der Waals surface area contributed by atoms with Gasteiger partial charge in [-0.2, -0.15) is 8.78 Å². The van der Waals surface area contributed by atoms with Gasteiger partial charge in [0.05, 0.1) is 15.6 Å².